The van der Waals surface area contributed by atoms with Crippen LogP contribution in [-0.4, -0.2) is 22.7 Å². The first kappa shape index (κ1) is 16.0. The summed E-state index contributed by atoms with van der Waals surface area (Å²) < 4.78 is 14.4. The Morgan fingerprint density at radius 1 is 1.30 bits per heavy atom. The quantitative estimate of drug-likeness (QED) is 0.844. The Hall–Kier alpha value is -1.90. The Morgan fingerprint density at radius 3 is 2.78 bits per heavy atom. The van der Waals surface area contributed by atoms with Gasteiger partial charge in [-0.3, -0.25) is 14.5 Å². The number of hydrogen-bond donors (Lipinski definition) is 1. The lowest BCUT2D eigenvalue weighted by molar-refractivity contribution is -0.115. The van der Waals surface area contributed by atoms with Crippen molar-refractivity contribution in [2.24, 2.45) is 5.10 Å². The monoisotopic (exact) mass is 369 g/mol. The number of hydrogen-bond acceptors (Lipinski definition) is 5. The molecule has 0 bridgehead atoms. The van der Waals surface area contributed by atoms with Gasteiger partial charge >= 0.3 is 0 Å². The summed E-state index contributed by atoms with van der Waals surface area (Å²) in [6.07, 6.45) is 0. The molecule has 9 heteroatoms. The Labute approximate surface area is 144 Å². The van der Waals surface area contributed by atoms with Crippen LogP contribution < -0.4 is 10.3 Å². The van der Waals surface area contributed by atoms with E-state index in [-0.39, 0.29) is 22.5 Å². The number of benzene rings is 1. The van der Waals surface area contributed by atoms with Crippen molar-refractivity contribution in [1.82, 2.24) is 5.43 Å². The van der Waals surface area contributed by atoms with Crippen LogP contribution in [0.2, 0.25) is 4.34 Å². The Kier molecular flexibility index (Phi) is 4.65. The van der Waals surface area contributed by atoms with Crippen molar-refractivity contribution >= 4 is 57.4 Å². The van der Waals surface area contributed by atoms with Gasteiger partial charge in [0.05, 0.1) is 20.7 Å². The van der Waals surface area contributed by atoms with Gasteiger partial charge in [-0.05, 0) is 24.3 Å². The number of para-hydroxylation sites is 1. The zero-order valence-electron chi connectivity index (χ0n) is 11.5. The standard InChI is InChI=1S/C14H9ClFN3O2S2/c15-11-6-5-10(23-11)13(21)17-18-14-19(12(20)7-22-14)9-4-2-1-3-8(9)16/h1-6H,7H2,(H,17,21)/b18-14+. The van der Waals surface area contributed by atoms with Crippen molar-refractivity contribution in [2.45, 2.75) is 0 Å². The molecule has 1 aliphatic heterocycles. The molecule has 2 aromatic rings. The molecule has 1 aromatic carbocycles. The van der Waals surface area contributed by atoms with Crippen LogP contribution in [0.25, 0.3) is 0 Å². The molecule has 1 aromatic heterocycles. The van der Waals surface area contributed by atoms with Gasteiger partial charge in [0.2, 0.25) is 5.91 Å². The number of anilines is 1. The lowest BCUT2D eigenvalue weighted by Gasteiger charge is -2.16. The maximum Gasteiger partial charge on any atom is 0.281 e. The molecule has 3 rings (SSSR count). The summed E-state index contributed by atoms with van der Waals surface area (Å²) in [4.78, 5) is 25.5. The summed E-state index contributed by atoms with van der Waals surface area (Å²) in [7, 11) is 0. The third-order valence-corrected chi connectivity index (χ3v) is 5.06. The van der Waals surface area contributed by atoms with Crippen LogP contribution in [-0.2, 0) is 4.79 Å². The van der Waals surface area contributed by atoms with Crippen LogP contribution in [0.1, 0.15) is 9.67 Å². The molecule has 0 atom stereocenters. The number of carbonyl (C=O) groups is 2. The van der Waals surface area contributed by atoms with Crippen LogP contribution >= 0.6 is 34.7 Å². The maximum atomic E-state index is 13.9. The fraction of sp³-hybridized carbons (Fsp3) is 0.0714. The highest BCUT2D eigenvalue weighted by Crippen LogP contribution is 2.28. The number of hydrazone groups is 1. The molecule has 1 aliphatic rings. The molecule has 118 valence electrons. The van der Waals surface area contributed by atoms with E-state index in [1.807, 2.05) is 0 Å². The third-order valence-electron chi connectivity index (χ3n) is 2.91. The molecule has 1 N–H and O–H groups in total. The normalized spacial score (nSPS) is 16.2. The smallest absolute Gasteiger partial charge is 0.273 e. The van der Waals surface area contributed by atoms with E-state index in [0.717, 1.165) is 28.0 Å². The summed E-state index contributed by atoms with van der Waals surface area (Å²) in [5.74, 6) is -1.14. The summed E-state index contributed by atoms with van der Waals surface area (Å²) in [6, 6.07) is 9.08. The second kappa shape index (κ2) is 6.69. The molecule has 0 unspecified atom stereocenters. The number of rotatable bonds is 3. The molecule has 0 saturated carbocycles. The fourth-order valence-corrected chi connectivity index (χ4v) is 3.66. The number of nitrogens with zero attached hydrogens (tertiary/aromatic N) is 2. The number of amidine groups is 1. The molecule has 0 aliphatic carbocycles. The van der Waals surface area contributed by atoms with Gasteiger partial charge in [0, 0.05) is 0 Å². The van der Waals surface area contributed by atoms with E-state index in [9.17, 15) is 14.0 Å². The fourth-order valence-electron chi connectivity index (χ4n) is 1.90. The minimum Gasteiger partial charge on any atom is -0.273 e. The van der Waals surface area contributed by atoms with E-state index in [1.54, 1.807) is 18.2 Å². The van der Waals surface area contributed by atoms with Gasteiger partial charge in [-0.15, -0.1) is 16.4 Å². The number of thiophene rings is 1. The van der Waals surface area contributed by atoms with Crippen LogP contribution in [0.3, 0.4) is 0 Å². The van der Waals surface area contributed by atoms with Crippen molar-refractivity contribution in [3.05, 3.63) is 51.4 Å². The summed E-state index contributed by atoms with van der Waals surface area (Å²) in [6.45, 7) is 0. The predicted octanol–water partition coefficient (Wildman–Crippen LogP) is 3.32. The molecule has 0 spiro atoms. The van der Waals surface area contributed by atoms with Crippen molar-refractivity contribution < 1.29 is 14.0 Å². The van der Waals surface area contributed by atoms with E-state index in [2.05, 4.69) is 10.5 Å². The molecular formula is C14H9ClFN3O2S2. The first-order valence-corrected chi connectivity index (χ1v) is 8.58. The molecule has 5 nitrogen and oxygen atoms in total. The number of halogens is 2. The third kappa shape index (κ3) is 3.39. The maximum absolute atomic E-state index is 13.9. The van der Waals surface area contributed by atoms with Crippen molar-refractivity contribution in [3.63, 3.8) is 0 Å². The van der Waals surface area contributed by atoms with Crippen LogP contribution in [0.5, 0.6) is 0 Å². The largest absolute Gasteiger partial charge is 0.281 e. The minimum absolute atomic E-state index is 0.106. The van der Waals surface area contributed by atoms with Gasteiger partial charge in [-0.2, -0.15) is 0 Å². The number of carbonyl (C=O) groups excluding carboxylic acids is 2. The van der Waals surface area contributed by atoms with Gasteiger partial charge in [0.1, 0.15) is 5.82 Å². The molecular weight excluding hydrogens is 361 g/mol. The van der Waals surface area contributed by atoms with Gasteiger partial charge in [-0.25, -0.2) is 9.82 Å². The first-order chi connectivity index (χ1) is 11.1. The van der Waals surface area contributed by atoms with E-state index in [1.165, 1.54) is 18.2 Å². The Bertz CT molecular complexity index is 809. The molecule has 1 fully saturated rings. The highest BCUT2D eigenvalue weighted by atomic mass is 35.5. The summed E-state index contributed by atoms with van der Waals surface area (Å²) in [5.41, 5.74) is 2.46. The van der Waals surface area contributed by atoms with E-state index >= 15 is 0 Å². The highest BCUT2D eigenvalue weighted by Gasteiger charge is 2.31. The number of amides is 2. The van der Waals surface area contributed by atoms with Crippen LogP contribution in [0.15, 0.2) is 41.5 Å². The van der Waals surface area contributed by atoms with Gasteiger partial charge < -0.3 is 0 Å². The predicted molar refractivity (Wildman–Crippen MR) is 90.6 cm³/mol. The van der Waals surface area contributed by atoms with E-state index in [4.69, 9.17) is 11.6 Å². The Morgan fingerprint density at radius 2 is 2.09 bits per heavy atom. The van der Waals surface area contributed by atoms with Gasteiger partial charge in [0.15, 0.2) is 5.17 Å². The molecule has 2 amide bonds. The van der Waals surface area contributed by atoms with Gasteiger partial charge in [-0.1, -0.05) is 35.5 Å². The average molecular weight is 370 g/mol. The van der Waals surface area contributed by atoms with Crippen molar-refractivity contribution in [3.8, 4) is 0 Å². The molecule has 23 heavy (non-hydrogen) atoms. The summed E-state index contributed by atoms with van der Waals surface area (Å²) >= 11 is 8.02. The van der Waals surface area contributed by atoms with Crippen LogP contribution in [0.4, 0.5) is 10.1 Å². The van der Waals surface area contributed by atoms with Crippen LogP contribution in [0, 0.1) is 5.82 Å². The zero-order valence-corrected chi connectivity index (χ0v) is 13.8. The van der Waals surface area contributed by atoms with E-state index < -0.39 is 11.7 Å². The lowest BCUT2D eigenvalue weighted by Crippen LogP contribution is -2.32. The molecule has 0 radical (unpaired) electrons. The second-order valence-corrected chi connectivity index (χ2v) is 7.07. The minimum atomic E-state index is -0.535. The van der Waals surface area contributed by atoms with Gasteiger partial charge in [0.25, 0.3) is 5.91 Å². The van der Waals surface area contributed by atoms with E-state index in [0.29, 0.717) is 9.21 Å². The number of thioether (sulfide) groups is 1. The highest BCUT2D eigenvalue weighted by molar-refractivity contribution is 8.15. The first-order valence-electron chi connectivity index (χ1n) is 6.40. The average Bonchev–Trinajstić information content (AvgIpc) is 3.12. The summed E-state index contributed by atoms with van der Waals surface area (Å²) in [5, 5.41) is 4.16. The zero-order chi connectivity index (χ0) is 16.4. The lowest BCUT2D eigenvalue weighted by atomic mass is 10.3. The molecule has 2 heterocycles. The SMILES string of the molecule is O=C(N/N=C1/SCC(=O)N1c1ccccc1F)c1ccc(Cl)s1. The Balaban J connectivity index is 1.82. The number of nitrogens with one attached hydrogen (secondary N) is 1. The topological polar surface area (TPSA) is 61.8 Å². The molecule has 1 saturated heterocycles. The second-order valence-electron chi connectivity index (χ2n) is 4.41. The van der Waals surface area contributed by atoms with Crippen molar-refractivity contribution in [2.75, 3.05) is 10.7 Å². The van der Waals surface area contributed by atoms with Crippen molar-refractivity contribution in [1.29, 1.82) is 0 Å².